The number of amides is 2. The number of carbonyl (C=O) groups is 2. The third-order valence-corrected chi connectivity index (χ3v) is 8.96. The van der Waals surface area contributed by atoms with Crippen molar-refractivity contribution >= 4 is 50.7 Å². The fourth-order valence-electron chi connectivity index (χ4n) is 4.48. The lowest BCUT2D eigenvalue weighted by Gasteiger charge is -2.33. The summed E-state index contributed by atoms with van der Waals surface area (Å²) in [6.07, 6.45) is 0.317. The van der Waals surface area contributed by atoms with E-state index in [0.29, 0.717) is 39.8 Å². The van der Waals surface area contributed by atoms with E-state index in [9.17, 15) is 18.0 Å². The van der Waals surface area contributed by atoms with Gasteiger partial charge in [-0.3, -0.25) is 13.9 Å². The topological polar surface area (TPSA) is 86.8 Å². The van der Waals surface area contributed by atoms with Crippen molar-refractivity contribution in [1.82, 2.24) is 10.2 Å². The highest BCUT2D eigenvalue weighted by atomic mass is 35.5. The number of hydrogen-bond donors (Lipinski definition) is 1. The van der Waals surface area contributed by atoms with Crippen LogP contribution in [0.4, 0.5) is 5.69 Å². The van der Waals surface area contributed by atoms with Crippen LogP contribution in [0.1, 0.15) is 42.5 Å². The Labute approximate surface area is 247 Å². The summed E-state index contributed by atoms with van der Waals surface area (Å²) in [6.45, 7) is 9.05. The molecule has 3 rings (SSSR count). The number of carbonyl (C=O) groups excluding carboxylic acids is 2. The number of likely N-dealkylation sites (N-methyl/N-ethyl adjacent to an activating group) is 1. The van der Waals surface area contributed by atoms with Gasteiger partial charge in [0.1, 0.15) is 12.6 Å². The lowest BCUT2D eigenvalue weighted by molar-refractivity contribution is -0.140. The zero-order valence-corrected chi connectivity index (χ0v) is 25.7. The Morgan fingerprint density at radius 2 is 1.55 bits per heavy atom. The number of aryl methyl sites for hydroxylation is 3. The fourth-order valence-corrected chi connectivity index (χ4v) is 6.43. The molecule has 0 saturated heterocycles. The molecule has 0 spiro atoms. The molecule has 7 nitrogen and oxygen atoms in total. The van der Waals surface area contributed by atoms with Gasteiger partial charge in [-0.15, -0.1) is 0 Å². The molecule has 0 unspecified atom stereocenters. The van der Waals surface area contributed by atoms with Crippen molar-refractivity contribution < 1.29 is 18.0 Å². The highest BCUT2D eigenvalue weighted by molar-refractivity contribution is 7.92. The van der Waals surface area contributed by atoms with E-state index < -0.39 is 28.5 Å². The molecular weight excluding hydrogens is 569 g/mol. The van der Waals surface area contributed by atoms with Gasteiger partial charge in [0, 0.05) is 23.1 Å². The summed E-state index contributed by atoms with van der Waals surface area (Å²) in [5.41, 5.74) is 3.54. The summed E-state index contributed by atoms with van der Waals surface area (Å²) in [4.78, 5) is 28.6. The van der Waals surface area contributed by atoms with Crippen LogP contribution < -0.4 is 9.62 Å². The van der Waals surface area contributed by atoms with Crippen molar-refractivity contribution in [2.75, 3.05) is 17.4 Å². The zero-order chi connectivity index (χ0) is 29.6. The molecular formula is C30H35Cl2N3O4S. The van der Waals surface area contributed by atoms with Crippen LogP contribution in [-0.2, 0) is 26.2 Å². The molecule has 0 radical (unpaired) electrons. The first kappa shape index (κ1) is 31.5. The van der Waals surface area contributed by atoms with Gasteiger partial charge in [0.2, 0.25) is 11.8 Å². The Morgan fingerprint density at radius 3 is 2.12 bits per heavy atom. The molecule has 10 heteroatoms. The molecule has 0 aliphatic heterocycles. The molecule has 0 heterocycles. The smallest absolute Gasteiger partial charge is 0.264 e. The van der Waals surface area contributed by atoms with Crippen molar-refractivity contribution in [2.24, 2.45) is 0 Å². The first-order valence-corrected chi connectivity index (χ1v) is 15.3. The Hall–Kier alpha value is -3.07. The van der Waals surface area contributed by atoms with Gasteiger partial charge < -0.3 is 10.2 Å². The van der Waals surface area contributed by atoms with Crippen molar-refractivity contribution in [3.05, 3.63) is 93.0 Å². The van der Waals surface area contributed by atoms with Crippen LogP contribution in [-0.4, -0.2) is 44.3 Å². The number of hydrogen-bond acceptors (Lipinski definition) is 4. The van der Waals surface area contributed by atoms with Crippen LogP contribution in [0.25, 0.3) is 0 Å². The van der Waals surface area contributed by atoms with Crippen molar-refractivity contribution in [3.63, 3.8) is 0 Å². The van der Waals surface area contributed by atoms with Gasteiger partial charge in [0.25, 0.3) is 10.0 Å². The Balaban J connectivity index is 2.11. The number of rotatable bonds is 11. The standard InChI is InChI=1S/C30H35Cl2N3O4S/c1-6-27(30(37)33-7-2)34(18-23-11-12-24(31)17-26(23)32)29(36)19-35(28-15-10-21(4)16-22(28)5)40(38,39)25-13-8-20(3)9-14-25/h8-17,27H,6-7,18-19H2,1-5H3,(H,33,37)/t27-/m0/s1. The zero-order valence-electron chi connectivity index (χ0n) is 23.4. The van der Waals surface area contributed by atoms with Gasteiger partial charge in [-0.05, 0) is 75.6 Å². The summed E-state index contributed by atoms with van der Waals surface area (Å²) in [7, 11) is -4.14. The van der Waals surface area contributed by atoms with E-state index in [2.05, 4.69) is 5.32 Å². The minimum absolute atomic E-state index is 0.00419. The number of nitrogens with zero attached hydrogens (tertiary/aromatic N) is 2. The SMILES string of the molecule is CCNC(=O)[C@H](CC)N(Cc1ccc(Cl)cc1Cl)C(=O)CN(c1ccc(C)cc1C)S(=O)(=O)c1ccc(C)cc1. The number of anilines is 1. The lowest BCUT2D eigenvalue weighted by Crippen LogP contribution is -2.52. The molecule has 1 N–H and O–H groups in total. The second-order valence-corrected chi connectivity index (χ2v) is 12.4. The number of halogens is 2. The van der Waals surface area contributed by atoms with E-state index in [-0.39, 0.29) is 17.3 Å². The molecule has 1 atom stereocenters. The van der Waals surface area contributed by atoms with E-state index in [1.54, 1.807) is 63.2 Å². The van der Waals surface area contributed by atoms with E-state index in [1.165, 1.54) is 17.0 Å². The van der Waals surface area contributed by atoms with Crippen LogP contribution in [0.15, 0.2) is 65.6 Å². The van der Waals surface area contributed by atoms with E-state index in [0.717, 1.165) is 15.4 Å². The summed E-state index contributed by atoms with van der Waals surface area (Å²) in [6, 6.07) is 15.9. The summed E-state index contributed by atoms with van der Waals surface area (Å²) < 4.78 is 29.1. The third kappa shape index (κ3) is 7.36. The first-order valence-electron chi connectivity index (χ1n) is 13.1. The molecule has 3 aromatic carbocycles. The Bertz CT molecular complexity index is 1480. The molecule has 0 aliphatic carbocycles. The Kier molecular flexibility index (Phi) is 10.6. The average molecular weight is 605 g/mol. The minimum Gasteiger partial charge on any atom is -0.355 e. The minimum atomic E-state index is -4.14. The summed E-state index contributed by atoms with van der Waals surface area (Å²) >= 11 is 12.5. The quantitative estimate of drug-likeness (QED) is 0.289. The fraction of sp³-hybridized carbons (Fsp3) is 0.333. The van der Waals surface area contributed by atoms with Crippen molar-refractivity contribution in [1.29, 1.82) is 0 Å². The molecule has 2 amide bonds. The molecule has 214 valence electrons. The lowest BCUT2D eigenvalue weighted by atomic mass is 10.1. The number of benzene rings is 3. The molecule has 0 aromatic heterocycles. The maximum absolute atomic E-state index is 14.1. The van der Waals surface area contributed by atoms with E-state index in [4.69, 9.17) is 23.2 Å². The normalized spacial score (nSPS) is 12.1. The van der Waals surface area contributed by atoms with Crippen LogP contribution in [0, 0.1) is 20.8 Å². The largest absolute Gasteiger partial charge is 0.355 e. The van der Waals surface area contributed by atoms with E-state index >= 15 is 0 Å². The average Bonchev–Trinajstić information content (AvgIpc) is 2.89. The van der Waals surface area contributed by atoms with Gasteiger partial charge >= 0.3 is 0 Å². The predicted octanol–water partition coefficient (Wildman–Crippen LogP) is 6.06. The van der Waals surface area contributed by atoms with Crippen LogP contribution in [0.2, 0.25) is 10.0 Å². The maximum atomic E-state index is 14.1. The summed E-state index contributed by atoms with van der Waals surface area (Å²) in [5, 5.41) is 3.56. The van der Waals surface area contributed by atoms with Crippen molar-refractivity contribution in [3.8, 4) is 0 Å². The predicted molar refractivity (Wildman–Crippen MR) is 161 cm³/mol. The van der Waals surface area contributed by atoms with E-state index in [1.807, 2.05) is 19.9 Å². The number of sulfonamides is 1. The molecule has 0 saturated carbocycles. The van der Waals surface area contributed by atoms with Crippen LogP contribution in [0.3, 0.4) is 0 Å². The molecule has 0 bridgehead atoms. The van der Waals surface area contributed by atoms with Gasteiger partial charge in [-0.2, -0.15) is 0 Å². The second-order valence-electron chi connectivity index (χ2n) is 9.69. The van der Waals surface area contributed by atoms with Gasteiger partial charge in [0.15, 0.2) is 0 Å². The highest BCUT2D eigenvalue weighted by Crippen LogP contribution is 2.29. The van der Waals surface area contributed by atoms with Crippen LogP contribution >= 0.6 is 23.2 Å². The molecule has 0 aliphatic rings. The highest BCUT2D eigenvalue weighted by Gasteiger charge is 2.34. The van der Waals surface area contributed by atoms with Gasteiger partial charge in [-0.25, -0.2) is 8.42 Å². The second kappa shape index (κ2) is 13.5. The Morgan fingerprint density at radius 1 is 0.900 bits per heavy atom. The van der Waals surface area contributed by atoms with Gasteiger partial charge in [-0.1, -0.05) is 71.6 Å². The molecule has 40 heavy (non-hydrogen) atoms. The summed E-state index contributed by atoms with van der Waals surface area (Å²) in [5.74, 6) is -0.873. The first-order chi connectivity index (χ1) is 18.9. The van der Waals surface area contributed by atoms with Crippen molar-refractivity contribution in [2.45, 2.75) is 58.5 Å². The maximum Gasteiger partial charge on any atom is 0.264 e. The van der Waals surface area contributed by atoms with Crippen LogP contribution in [0.5, 0.6) is 0 Å². The van der Waals surface area contributed by atoms with Gasteiger partial charge in [0.05, 0.1) is 10.6 Å². The third-order valence-electron chi connectivity index (χ3n) is 6.60. The molecule has 3 aromatic rings. The monoisotopic (exact) mass is 603 g/mol. The number of nitrogens with one attached hydrogen (secondary N) is 1. The molecule has 0 fully saturated rings.